The zero-order valence-corrected chi connectivity index (χ0v) is 6.92. The van der Waals surface area contributed by atoms with Gasteiger partial charge >= 0.3 is 0 Å². The molecule has 0 fully saturated rings. The Morgan fingerprint density at radius 2 is 2.00 bits per heavy atom. The van der Waals surface area contributed by atoms with E-state index >= 15 is 0 Å². The third-order valence-electron chi connectivity index (χ3n) is 1.22. The minimum Gasteiger partial charge on any atom is -0.480 e. The van der Waals surface area contributed by atoms with Gasteiger partial charge < -0.3 is 9.73 Å². The molecule has 1 rings (SSSR count). The van der Waals surface area contributed by atoms with Gasteiger partial charge in [0, 0.05) is 0 Å². The molecule has 4 heteroatoms. The maximum atomic E-state index is 8.18. The quantitative estimate of drug-likeness (QED) is 0.316. The summed E-state index contributed by atoms with van der Waals surface area (Å²) in [7, 11) is 2.15. The maximum Gasteiger partial charge on any atom is 0.122 e. The summed E-state index contributed by atoms with van der Waals surface area (Å²) in [4.78, 5) is 0. The summed E-state index contributed by atoms with van der Waals surface area (Å²) in [6, 6.07) is 7.15. The second-order valence-corrected chi connectivity index (χ2v) is 2.17. The second kappa shape index (κ2) is 3.94. The van der Waals surface area contributed by atoms with Crippen LogP contribution in [0.3, 0.4) is 0 Å². The molecule has 0 spiro atoms. The van der Waals surface area contributed by atoms with Crippen LogP contribution in [0.1, 0.15) is 5.56 Å². The largest absolute Gasteiger partial charge is 0.480 e. The Morgan fingerprint density at radius 1 is 1.36 bits per heavy atom. The molecule has 58 valence electrons. The number of hydrogen-bond acceptors (Lipinski definition) is 3. The average Bonchev–Trinajstić information content (AvgIpc) is 2.07. The van der Waals surface area contributed by atoms with Crippen LogP contribution in [-0.2, 0) is 0 Å². The Bertz CT molecular complexity index is 245. The lowest BCUT2D eigenvalue weighted by atomic mass is 10.2. The number of hydrogen-bond donors (Lipinski definition) is 1. The fourth-order valence-corrected chi connectivity index (χ4v) is 0.856. The third-order valence-corrected chi connectivity index (χ3v) is 1.50. The summed E-state index contributed by atoms with van der Waals surface area (Å²) >= 11 is 0. The molecular formula is C7H8NO2P. The van der Waals surface area contributed by atoms with Crippen molar-refractivity contribution >= 4 is 15.7 Å². The molecule has 0 radical (unpaired) electrons. The minimum atomic E-state index is 0.755. The molecule has 0 aliphatic carbocycles. The van der Waals surface area contributed by atoms with Gasteiger partial charge in [0.15, 0.2) is 0 Å². The van der Waals surface area contributed by atoms with Crippen LogP contribution >= 0.6 is 9.47 Å². The first-order valence-electron chi connectivity index (χ1n) is 3.01. The highest BCUT2D eigenvalue weighted by atomic mass is 31.0. The summed E-state index contributed by atoms with van der Waals surface area (Å²) in [6.07, 6.45) is 1.35. The molecule has 0 saturated carbocycles. The van der Waals surface area contributed by atoms with E-state index < -0.39 is 0 Å². The molecular weight excluding hydrogens is 161 g/mol. The zero-order chi connectivity index (χ0) is 8.10. The Kier molecular flexibility index (Phi) is 2.87. The van der Waals surface area contributed by atoms with Gasteiger partial charge in [-0.3, -0.25) is 0 Å². The SMILES string of the molecule is O/N=C\c1ccc(OP)cc1. The van der Waals surface area contributed by atoms with Crippen LogP contribution in [0.5, 0.6) is 5.75 Å². The molecule has 1 atom stereocenters. The topological polar surface area (TPSA) is 41.8 Å². The predicted octanol–water partition coefficient (Wildman–Crippen LogP) is 1.66. The van der Waals surface area contributed by atoms with E-state index in [0.29, 0.717) is 0 Å². The molecule has 1 aromatic rings. The van der Waals surface area contributed by atoms with Crippen LogP contribution in [0.25, 0.3) is 0 Å². The van der Waals surface area contributed by atoms with Gasteiger partial charge in [-0.2, -0.15) is 0 Å². The molecule has 3 nitrogen and oxygen atoms in total. The van der Waals surface area contributed by atoms with Gasteiger partial charge in [0.25, 0.3) is 0 Å². The summed E-state index contributed by atoms with van der Waals surface area (Å²) in [5.41, 5.74) is 0.832. The lowest BCUT2D eigenvalue weighted by Crippen LogP contribution is -1.80. The third kappa shape index (κ3) is 2.20. The van der Waals surface area contributed by atoms with Gasteiger partial charge in [0.05, 0.1) is 15.7 Å². The molecule has 0 aliphatic heterocycles. The highest BCUT2D eigenvalue weighted by Crippen LogP contribution is 2.12. The molecule has 1 aromatic carbocycles. The van der Waals surface area contributed by atoms with Crippen LogP contribution in [-0.4, -0.2) is 11.4 Å². The van der Waals surface area contributed by atoms with Crippen molar-refractivity contribution in [1.82, 2.24) is 0 Å². The standard InChI is InChI=1S/C7H8NO2P/c9-8-5-6-1-3-7(10-11)4-2-6/h1-5,9H,11H2/b8-5-. The second-order valence-electron chi connectivity index (χ2n) is 1.93. The molecule has 1 unspecified atom stereocenters. The summed E-state index contributed by atoms with van der Waals surface area (Å²) in [6.45, 7) is 0. The predicted molar refractivity (Wildman–Crippen MR) is 46.2 cm³/mol. The first kappa shape index (κ1) is 8.02. The Balaban J connectivity index is 2.82. The van der Waals surface area contributed by atoms with Crippen LogP contribution < -0.4 is 4.52 Å². The van der Waals surface area contributed by atoms with Gasteiger partial charge in [-0.05, 0) is 29.8 Å². The summed E-state index contributed by atoms with van der Waals surface area (Å²) in [5.74, 6) is 0.755. The van der Waals surface area contributed by atoms with Crippen molar-refractivity contribution in [2.75, 3.05) is 0 Å². The van der Waals surface area contributed by atoms with Gasteiger partial charge in [-0.25, -0.2) is 0 Å². The molecule has 0 aromatic heterocycles. The molecule has 0 heterocycles. The van der Waals surface area contributed by atoms with Crippen molar-refractivity contribution < 1.29 is 9.73 Å². The van der Waals surface area contributed by atoms with E-state index in [2.05, 4.69) is 14.6 Å². The van der Waals surface area contributed by atoms with E-state index in [1.165, 1.54) is 6.21 Å². The minimum absolute atomic E-state index is 0.755. The lowest BCUT2D eigenvalue weighted by molar-refractivity contribution is 0.322. The van der Waals surface area contributed by atoms with Gasteiger partial charge in [0.1, 0.15) is 5.75 Å². The molecule has 11 heavy (non-hydrogen) atoms. The fourth-order valence-electron chi connectivity index (χ4n) is 0.699. The molecule has 0 aliphatic rings. The van der Waals surface area contributed by atoms with Crippen molar-refractivity contribution in [3.63, 3.8) is 0 Å². The lowest BCUT2D eigenvalue weighted by Gasteiger charge is -1.97. The smallest absolute Gasteiger partial charge is 0.122 e. The van der Waals surface area contributed by atoms with Crippen LogP contribution in [0, 0.1) is 0 Å². The van der Waals surface area contributed by atoms with E-state index in [4.69, 9.17) is 9.73 Å². The number of benzene rings is 1. The van der Waals surface area contributed by atoms with Crippen molar-refractivity contribution in [3.05, 3.63) is 29.8 Å². The van der Waals surface area contributed by atoms with E-state index in [-0.39, 0.29) is 0 Å². The van der Waals surface area contributed by atoms with Gasteiger partial charge in [0.2, 0.25) is 0 Å². The molecule has 0 amide bonds. The Labute approximate surface area is 67.0 Å². The average molecular weight is 169 g/mol. The number of rotatable bonds is 2. The van der Waals surface area contributed by atoms with Crippen LogP contribution in [0.2, 0.25) is 0 Å². The highest BCUT2D eigenvalue weighted by molar-refractivity contribution is 7.10. The van der Waals surface area contributed by atoms with Crippen molar-refractivity contribution in [1.29, 1.82) is 0 Å². The molecule has 0 bridgehead atoms. The Morgan fingerprint density at radius 3 is 2.45 bits per heavy atom. The van der Waals surface area contributed by atoms with E-state index in [9.17, 15) is 0 Å². The van der Waals surface area contributed by atoms with Crippen molar-refractivity contribution in [2.24, 2.45) is 5.16 Å². The first-order chi connectivity index (χ1) is 5.36. The fraction of sp³-hybridized carbons (Fsp3) is 0. The number of nitrogens with zero attached hydrogens (tertiary/aromatic N) is 1. The summed E-state index contributed by atoms with van der Waals surface area (Å²) < 4.78 is 4.86. The van der Waals surface area contributed by atoms with E-state index in [1.807, 2.05) is 0 Å². The maximum absolute atomic E-state index is 8.18. The van der Waals surface area contributed by atoms with Crippen LogP contribution in [0.4, 0.5) is 0 Å². The monoisotopic (exact) mass is 169 g/mol. The van der Waals surface area contributed by atoms with Crippen molar-refractivity contribution in [3.8, 4) is 5.75 Å². The number of oxime groups is 1. The zero-order valence-electron chi connectivity index (χ0n) is 5.77. The van der Waals surface area contributed by atoms with Gasteiger partial charge in [-0.1, -0.05) is 5.16 Å². The van der Waals surface area contributed by atoms with Crippen LogP contribution in [0.15, 0.2) is 29.4 Å². The van der Waals surface area contributed by atoms with Crippen molar-refractivity contribution in [2.45, 2.75) is 0 Å². The summed E-state index contributed by atoms with van der Waals surface area (Å²) in [5, 5.41) is 11.1. The van der Waals surface area contributed by atoms with Gasteiger partial charge in [-0.15, -0.1) is 0 Å². The highest BCUT2D eigenvalue weighted by Gasteiger charge is 1.89. The molecule has 0 saturated heterocycles. The van der Waals surface area contributed by atoms with E-state index in [1.54, 1.807) is 24.3 Å². The first-order valence-corrected chi connectivity index (χ1v) is 3.48. The van der Waals surface area contributed by atoms with E-state index in [0.717, 1.165) is 11.3 Å². The Hall–Kier alpha value is -1.08. The molecule has 1 N–H and O–H groups in total. The normalized spacial score (nSPS) is 10.3.